The van der Waals surface area contributed by atoms with Gasteiger partial charge >= 0.3 is 6.36 Å². The average Bonchev–Trinajstić information content (AvgIpc) is 3.26. The fraction of sp³-hybridized carbons (Fsp3) is 0.333. The van der Waals surface area contributed by atoms with Gasteiger partial charge in [0.15, 0.2) is 0 Å². The van der Waals surface area contributed by atoms with E-state index in [2.05, 4.69) is 20.3 Å². The minimum absolute atomic E-state index is 0.00984. The van der Waals surface area contributed by atoms with Gasteiger partial charge < -0.3 is 9.64 Å². The number of hydrogen-bond donors (Lipinski definition) is 0. The molecular weight excluding hydrogens is 443 g/mol. The first-order valence-corrected chi connectivity index (χ1v) is 10.9. The molecule has 11 heteroatoms. The summed E-state index contributed by atoms with van der Waals surface area (Å²) in [5.41, 5.74) is 1.28. The van der Waals surface area contributed by atoms with Crippen LogP contribution in [0.2, 0.25) is 0 Å². The molecule has 1 amide bonds. The number of piperidine rings is 1. The van der Waals surface area contributed by atoms with Crippen molar-refractivity contribution in [1.82, 2.24) is 25.1 Å². The molecule has 3 aromatic rings. The van der Waals surface area contributed by atoms with Crippen LogP contribution in [0.5, 0.6) is 5.75 Å². The molecule has 7 nitrogen and oxygen atoms in total. The SMILES string of the molecule is O=C([C@@H](Sc1nnnn1-c1ccc(OC(F)(F)F)cc1)c1ccccc1)N1CCCCC1. The molecule has 0 spiro atoms. The molecule has 1 aliphatic heterocycles. The van der Waals surface area contributed by atoms with Crippen LogP contribution in [0.4, 0.5) is 13.2 Å². The summed E-state index contributed by atoms with van der Waals surface area (Å²) in [6.45, 7) is 1.43. The second kappa shape index (κ2) is 9.60. The Balaban J connectivity index is 1.59. The molecule has 32 heavy (non-hydrogen) atoms. The highest BCUT2D eigenvalue weighted by Gasteiger charge is 2.32. The molecule has 168 valence electrons. The van der Waals surface area contributed by atoms with E-state index in [9.17, 15) is 18.0 Å². The Morgan fingerprint density at radius 2 is 1.69 bits per heavy atom. The quantitative estimate of drug-likeness (QED) is 0.505. The molecule has 2 heterocycles. The number of likely N-dealkylation sites (tertiary alicyclic amines) is 1. The molecule has 1 atom stereocenters. The molecule has 1 fully saturated rings. The van der Waals surface area contributed by atoms with Crippen LogP contribution < -0.4 is 4.74 Å². The highest BCUT2D eigenvalue weighted by molar-refractivity contribution is 8.00. The Morgan fingerprint density at radius 1 is 1.00 bits per heavy atom. The molecule has 0 unspecified atom stereocenters. The Hall–Kier alpha value is -3.08. The molecular formula is C21H20F3N5O2S. The number of aromatic nitrogens is 4. The maximum atomic E-state index is 13.4. The van der Waals surface area contributed by atoms with Gasteiger partial charge in [0.05, 0.1) is 5.69 Å². The third-order valence-corrected chi connectivity index (χ3v) is 6.15. The summed E-state index contributed by atoms with van der Waals surface area (Å²) in [5, 5.41) is 11.5. The Kier molecular flexibility index (Phi) is 6.63. The number of alkyl halides is 3. The van der Waals surface area contributed by atoms with Crippen molar-refractivity contribution in [3.8, 4) is 11.4 Å². The van der Waals surface area contributed by atoms with Crippen LogP contribution in [0.3, 0.4) is 0 Å². The van der Waals surface area contributed by atoms with Crippen molar-refractivity contribution < 1.29 is 22.7 Å². The predicted octanol–water partition coefficient (Wildman–Crippen LogP) is 4.41. The minimum atomic E-state index is -4.77. The van der Waals surface area contributed by atoms with Crippen molar-refractivity contribution in [2.75, 3.05) is 13.1 Å². The van der Waals surface area contributed by atoms with Crippen LogP contribution >= 0.6 is 11.8 Å². The van der Waals surface area contributed by atoms with Gasteiger partial charge in [-0.05, 0) is 59.5 Å². The number of nitrogens with zero attached hydrogens (tertiary/aromatic N) is 5. The molecule has 1 aromatic heterocycles. The molecule has 0 N–H and O–H groups in total. The van der Waals surface area contributed by atoms with Crippen LogP contribution in [0.15, 0.2) is 59.8 Å². The molecule has 1 saturated heterocycles. The first kappa shape index (κ1) is 22.1. The largest absolute Gasteiger partial charge is 0.573 e. The van der Waals surface area contributed by atoms with E-state index in [1.165, 1.54) is 40.7 Å². The van der Waals surface area contributed by atoms with Gasteiger partial charge in [0.25, 0.3) is 0 Å². The van der Waals surface area contributed by atoms with Gasteiger partial charge in [-0.15, -0.1) is 18.3 Å². The maximum Gasteiger partial charge on any atom is 0.573 e. The van der Waals surface area contributed by atoms with Gasteiger partial charge in [0.1, 0.15) is 11.0 Å². The molecule has 2 aromatic carbocycles. The molecule has 0 saturated carbocycles. The van der Waals surface area contributed by atoms with E-state index >= 15 is 0 Å². The fourth-order valence-corrected chi connectivity index (χ4v) is 4.56. The molecule has 0 radical (unpaired) electrons. The van der Waals surface area contributed by atoms with Crippen LogP contribution in [0, 0.1) is 0 Å². The smallest absolute Gasteiger partial charge is 0.406 e. The summed E-state index contributed by atoms with van der Waals surface area (Å²) in [4.78, 5) is 15.2. The summed E-state index contributed by atoms with van der Waals surface area (Å²) in [6, 6.07) is 14.6. The Bertz CT molecular complexity index is 1040. The van der Waals surface area contributed by atoms with E-state index in [1.54, 1.807) is 0 Å². The number of rotatable bonds is 6. The van der Waals surface area contributed by atoms with Gasteiger partial charge in [-0.25, -0.2) is 0 Å². The number of thioether (sulfide) groups is 1. The van der Waals surface area contributed by atoms with Crippen LogP contribution in [-0.2, 0) is 4.79 Å². The van der Waals surface area contributed by atoms with E-state index in [1.807, 2.05) is 35.2 Å². The summed E-state index contributed by atoms with van der Waals surface area (Å²) in [5.74, 6) is -0.352. The van der Waals surface area contributed by atoms with Crippen molar-refractivity contribution in [3.63, 3.8) is 0 Å². The minimum Gasteiger partial charge on any atom is -0.406 e. The standard InChI is InChI=1S/C21H20F3N5O2S/c22-21(23,24)31-17-11-9-16(10-12-17)29-20(25-26-27-29)32-18(15-7-3-1-4-8-15)19(30)28-13-5-2-6-14-28/h1,3-4,7-12,18H,2,5-6,13-14H2/t18-/m0/s1. The van der Waals surface area contributed by atoms with Crippen molar-refractivity contribution in [1.29, 1.82) is 0 Å². The number of amides is 1. The normalized spacial score (nSPS) is 15.4. The Morgan fingerprint density at radius 3 is 2.34 bits per heavy atom. The third-order valence-electron chi connectivity index (χ3n) is 4.97. The number of carbonyl (C=O) groups is 1. The maximum absolute atomic E-state index is 13.4. The Labute approximate surface area is 186 Å². The highest BCUT2D eigenvalue weighted by atomic mass is 32.2. The molecule has 1 aliphatic rings. The first-order valence-electron chi connectivity index (χ1n) is 10.1. The average molecular weight is 463 g/mol. The van der Waals surface area contributed by atoms with Crippen LogP contribution in [-0.4, -0.2) is 50.5 Å². The number of benzene rings is 2. The van der Waals surface area contributed by atoms with Crippen molar-refractivity contribution >= 4 is 17.7 Å². The molecule has 0 aliphatic carbocycles. The summed E-state index contributed by atoms with van der Waals surface area (Å²) >= 11 is 1.21. The van der Waals surface area contributed by atoms with E-state index < -0.39 is 11.6 Å². The number of carbonyl (C=O) groups excluding carboxylic acids is 1. The molecule has 4 rings (SSSR count). The molecule has 0 bridgehead atoms. The monoisotopic (exact) mass is 463 g/mol. The predicted molar refractivity (Wildman–Crippen MR) is 111 cm³/mol. The van der Waals surface area contributed by atoms with Crippen LogP contribution in [0.25, 0.3) is 5.69 Å². The van der Waals surface area contributed by atoms with Gasteiger partial charge in [-0.1, -0.05) is 42.1 Å². The number of hydrogen-bond acceptors (Lipinski definition) is 6. The topological polar surface area (TPSA) is 73.1 Å². The van der Waals surface area contributed by atoms with Crippen molar-refractivity contribution in [3.05, 3.63) is 60.2 Å². The summed E-state index contributed by atoms with van der Waals surface area (Å²) in [6.07, 6.45) is -1.71. The lowest BCUT2D eigenvalue weighted by Gasteiger charge is -2.30. The zero-order valence-corrected chi connectivity index (χ0v) is 17.7. The number of ether oxygens (including phenoxy) is 1. The number of halogens is 3. The van der Waals surface area contributed by atoms with E-state index in [-0.39, 0.29) is 11.7 Å². The lowest BCUT2D eigenvalue weighted by Crippen LogP contribution is -2.38. The van der Waals surface area contributed by atoms with Gasteiger partial charge in [-0.3, -0.25) is 4.79 Å². The fourth-order valence-electron chi connectivity index (χ4n) is 3.48. The van der Waals surface area contributed by atoms with E-state index in [4.69, 9.17) is 0 Å². The number of tetrazole rings is 1. The van der Waals surface area contributed by atoms with Gasteiger partial charge in [0, 0.05) is 13.1 Å². The zero-order valence-electron chi connectivity index (χ0n) is 16.9. The van der Waals surface area contributed by atoms with Crippen molar-refractivity contribution in [2.45, 2.75) is 36.0 Å². The van der Waals surface area contributed by atoms with E-state index in [0.29, 0.717) is 23.9 Å². The second-order valence-electron chi connectivity index (χ2n) is 7.21. The lowest BCUT2D eigenvalue weighted by atomic mass is 10.1. The van der Waals surface area contributed by atoms with Crippen LogP contribution in [0.1, 0.15) is 30.1 Å². The first-order chi connectivity index (χ1) is 15.4. The summed E-state index contributed by atoms with van der Waals surface area (Å²) in [7, 11) is 0. The second-order valence-corrected chi connectivity index (χ2v) is 8.28. The highest BCUT2D eigenvalue weighted by Crippen LogP contribution is 2.37. The summed E-state index contributed by atoms with van der Waals surface area (Å²) < 4.78 is 42.5. The van der Waals surface area contributed by atoms with Crippen molar-refractivity contribution in [2.24, 2.45) is 0 Å². The zero-order chi connectivity index (χ0) is 22.6. The van der Waals surface area contributed by atoms with Gasteiger partial charge in [0.2, 0.25) is 11.1 Å². The third kappa shape index (κ3) is 5.39. The van der Waals surface area contributed by atoms with Gasteiger partial charge in [-0.2, -0.15) is 4.68 Å². The lowest BCUT2D eigenvalue weighted by molar-refractivity contribution is -0.274. The van der Waals surface area contributed by atoms with E-state index in [0.717, 1.165) is 24.8 Å².